The van der Waals surface area contributed by atoms with Gasteiger partial charge in [0.2, 0.25) is 5.69 Å². The maximum absolute atomic E-state index is 12.0. The number of hydrogen-bond donors (Lipinski definition) is 2. The van der Waals surface area contributed by atoms with Crippen LogP contribution in [0.3, 0.4) is 0 Å². The molecule has 2 heterocycles. The second-order valence-corrected chi connectivity index (χ2v) is 3.86. The Morgan fingerprint density at radius 1 is 1.39 bits per heavy atom. The third-order valence-corrected chi connectivity index (χ3v) is 2.74. The van der Waals surface area contributed by atoms with Crippen LogP contribution in [0.25, 0.3) is 0 Å². The van der Waals surface area contributed by atoms with Crippen molar-refractivity contribution in [2.75, 3.05) is 5.32 Å². The van der Waals surface area contributed by atoms with E-state index in [2.05, 4.69) is 15.6 Å². The van der Waals surface area contributed by atoms with Gasteiger partial charge in [-0.2, -0.15) is 0 Å². The molecule has 2 aromatic rings. The molecule has 0 bridgehead atoms. The number of aromatic nitrogens is 3. The highest BCUT2D eigenvalue weighted by atomic mass is 16.4. The van der Waals surface area contributed by atoms with Gasteiger partial charge in [0.05, 0.1) is 6.54 Å². The molecule has 0 saturated heterocycles. The quantitative estimate of drug-likeness (QED) is 0.765. The number of hydrogen-bond acceptors (Lipinski definition) is 4. The summed E-state index contributed by atoms with van der Waals surface area (Å²) in [6.45, 7) is 0.310. The number of amides is 1. The van der Waals surface area contributed by atoms with Gasteiger partial charge in [-0.3, -0.25) is 4.79 Å². The SMILES string of the molecule is O=C(O)c1nnn2c1C(=O)Nc1ccccc1C2. The number of carboxylic acid groups (broad SMARTS) is 1. The molecule has 1 aromatic heterocycles. The molecule has 1 amide bonds. The maximum atomic E-state index is 12.0. The third-order valence-electron chi connectivity index (χ3n) is 2.74. The smallest absolute Gasteiger partial charge is 0.358 e. The van der Waals surface area contributed by atoms with Gasteiger partial charge in [-0.1, -0.05) is 23.4 Å². The number of rotatable bonds is 1. The van der Waals surface area contributed by atoms with Crippen LogP contribution in [-0.4, -0.2) is 32.0 Å². The summed E-state index contributed by atoms with van der Waals surface area (Å²) in [5, 5.41) is 18.8. The van der Waals surface area contributed by atoms with Crippen LogP contribution in [0.4, 0.5) is 5.69 Å². The molecule has 2 N–H and O–H groups in total. The van der Waals surface area contributed by atoms with E-state index in [0.717, 1.165) is 5.56 Å². The van der Waals surface area contributed by atoms with Gasteiger partial charge in [-0.15, -0.1) is 5.10 Å². The Hall–Kier alpha value is -2.70. The lowest BCUT2D eigenvalue weighted by Gasteiger charge is -2.04. The Bertz CT molecular complexity index is 662. The predicted molar refractivity (Wildman–Crippen MR) is 60.5 cm³/mol. The highest BCUT2D eigenvalue weighted by molar-refractivity contribution is 6.09. The number of carbonyl (C=O) groups excluding carboxylic acids is 1. The zero-order valence-electron chi connectivity index (χ0n) is 9.12. The minimum absolute atomic E-state index is 0.0290. The minimum Gasteiger partial charge on any atom is -0.476 e. The van der Waals surface area contributed by atoms with Gasteiger partial charge in [0.15, 0.2) is 5.69 Å². The van der Waals surface area contributed by atoms with Crippen LogP contribution < -0.4 is 5.32 Å². The number of para-hydroxylation sites is 1. The van der Waals surface area contributed by atoms with Crippen molar-refractivity contribution >= 4 is 17.6 Å². The molecule has 0 spiro atoms. The lowest BCUT2D eigenvalue weighted by Crippen LogP contribution is -2.17. The molecule has 1 aromatic carbocycles. The van der Waals surface area contributed by atoms with E-state index in [4.69, 9.17) is 5.11 Å². The van der Waals surface area contributed by atoms with Gasteiger partial charge in [-0.05, 0) is 11.6 Å². The van der Waals surface area contributed by atoms with Crippen molar-refractivity contribution in [3.63, 3.8) is 0 Å². The van der Waals surface area contributed by atoms with E-state index in [1.165, 1.54) is 4.68 Å². The van der Waals surface area contributed by atoms with E-state index in [0.29, 0.717) is 12.2 Å². The number of nitrogens with zero attached hydrogens (tertiary/aromatic N) is 3. The van der Waals surface area contributed by atoms with Crippen LogP contribution in [0.15, 0.2) is 24.3 Å². The summed E-state index contributed by atoms with van der Waals surface area (Å²) >= 11 is 0. The van der Waals surface area contributed by atoms with Crippen molar-refractivity contribution < 1.29 is 14.7 Å². The average molecular weight is 244 g/mol. The first-order valence-electron chi connectivity index (χ1n) is 5.23. The molecule has 0 atom stereocenters. The molecule has 0 radical (unpaired) electrons. The Morgan fingerprint density at radius 3 is 2.94 bits per heavy atom. The van der Waals surface area contributed by atoms with Crippen LogP contribution in [0.2, 0.25) is 0 Å². The topological polar surface area (TPSA) is 97.1 Å². The molecule has 1 aliphatic rings. The standard InChI is InChI=1S/C11H8N4O3/c16-10-9-8(11(17)18)13-14-15(9)5-6-3-1-2-4-7(6)12-10/h1-4H,5H2,(H,12,16)(H,17,18). The van der Waals surface area contributed by atoms with Crippen LogP contribution in [-0.2, 0) is 6.54 Å². The van der Waals surface area contributed by atoms with Crippen LogP contribution >= 0.6 is 0 Å². The molecule has 7 heteroatoms. The molecule has 18 heavy (non-hydrogen) atoms. The molecule has 90 valence electrons. The fraction of sp³-hybridized carbons (Fsp3) is 0.0909. The van der Waals surface area contributed by atoms with E-state index >= 15 is 0 Å². The van der Waals surface area contributed by atoms with Gasteiger partial charge in [0, 0.05) is 5.69 Å². The predicted octanol–water partition coefficient (Wildman–Crippen LogP) is 0.590. The average Bonchev–Trinajstić information content (AvgIpc) is 2.70. The summed E-state index contributed by atoms with van der Waals surface area (Å²) in [6.07, 6.45) is 0. The van der Waals surface area contributed by atoms with Crippen molar-refractivity contribution in [3.05, 3.63) is 41.2 Å². The zero-order chi connectivity index (χ0) is 12.7. The Balaban J connectivity index is 2.17. The Kier molecular flexibility index (Phi) is 2.12. The first kappa shape index (κ1) is 10.5. The van der Waals surface area contributed by atoms with E-state index in [-0.39, 0.29) is 11.4 Å². The van der Waals surface area contributed by atoms with Gasteiger partial charge in [0.1, 0.15) is 0 Å². The normalized spacial score (nSPS) is 13.2. The minimum atomic E-state index is -1.27. The molecule has 0 fully saturated rings. The maximum Gasteiger partial charge on any atom is 0.358 e. The molecule has 7 nitrogen and oxygen atoms in total. The van der Waals surface area contributed by atoms with E-state index in [9.17, 15) is 9.59 Å². The molecule has 0 unspecified atom stereocenters. The highest BCUT2D eigenvalue weighted by Gasteiger charge is 2.28. The number of anilines is 1. The number of aromatic carboxylic acids is 1. The zero-order valence-corrected chi connectivity index (χ0v) is 9.12. The van der Waals surface area contributed by atoms with Crippen LogP contribution in [0.5, 0.6) is 0 Å². The fourth-order valence-electron chi connectivity index (χ4n) is 1.92. The molecule has 0 aliphatic carbocycles. The van der Waals surface area contributed by atoms with Gasteiger partial charge in [-0.25, -0.2) is 9.48 Å². The van der Waals surface area contributed by atoms with E-state index in [1.807, 2.05) is 12.1 Å². The van der Waals surface area contributed by atoms with Gasteiger partial charge in [0.25, 0.3) is 5.91 Å². The van der Waals surface area contributed by atoms with E-state index < -0.39 is 11.9 Å². The first-order valence-corrected chi connectivity index (χ1v) is 5.23. The third kappa shape index (κ3) is 1.45. The molecule has 3 rings (SSSR count). The van der Waals surface area contributed by atoms with Crippen LogP contribution in [0.1, 0.15) is 26.5 Å². The monoisotopic (exact) mass is 244 g/mol. The second kappa shape index (κ2) is 3.66. The van der Waals surface area contributed by atoms with Gasteiger partial charge >= 0.3 is 5.97 Å². The molecular weight excluding hydrogens is 236 g/mol. The number of carbonyl (C=O) groups is 2. The van der Waals surface area contributed by atoms with E-state index in [1.54, 1.807) is 12.1 Å². The van der Waals surface area contributed by atoms with Gasteiger partial charge < -0.3 is 10.4 Å². The Labute approximate surface area is 101 Å². The molecular formula is C11H8N4O3. The number of fused-ring (bicyclic) bond motifs is 2. The van der Waals surface area contributed by atoms with Crippen molar-refractivity contribution in [2.24, 2.45) is 0 Å². The Morgan fingerprint density at radius 2 is 2.17 bits per heavy atom. The molecule has 0 saturated carbocycles. The highest BCUT2D eigenvalue weighted by Crippen LogP contribution is 2.22. The van der Waals surface area contributed by atoms with Crippen molar-refractivity contribution in [3.8, 4) is 0 Å². The number of carboxylic acids is 1. The number of benzene rings is 1. The summed E-state index contributed by atoms with van der Waals surface area (Å²) in [7, 11) is 0. The first-order chi connectivity index (χ1) is 8.66. The largest absolute Gasteiger partial charge is 0.476 e. The van der Waals surface area contributed by atoms with Crippen LogP contribution in [0, 0.1) is 0 Å². The van der Waals surface area contributed by atoms with Crippen molar-refractivity contribution in [1.82, 2.24) is 15.0 Å². The lowest BCUT2D eigenvalue weighted by atomic mass is 10.2. The number of nitrogens with one attached hydrogen (secondary N) is 1. The lowest BCUT2D eigenvalue weighted by molar-refractivity contribution is 0.0686. The summed E-state index contributed by atoms with van der Waals surface area (Å²) in [6, 6.07) is 7.23. The fourth-order valence-corrected chi connectivity index (χ4v) is 1.92. The summed E-state index contributed by atoms with van der Waals surface area (Å²) < 4.78 is 1.30. The van der Waals surface area contributed by atoms with Crippen molar-refractivity contribution in [2.45, 2.75) is 6.54 Å². The molecule has 1 aliphatic heterocycles. The summed E-state index contributed by atoms with van der Waals surface area (Å²) in [5.74, 6) is -1.78. The summed E-state index contributed by atoms with van der Waals surface area (Å²) in [4.78, 5) is 22.9. The second-order valence-electron chi connectivity index (χ2n) is 3.86. The summed E-state index contributed by atoms with van der Waals surface area (Å²) in [5.41, 5.74) is 1.15. The van der Waals surface area contributed by atoms with Crippen molar-refractivity contribution in [1.29, 1.82) is 0 Å².